The highest BCUT2D eigenvalue weighted by atomic mass is 16.5. The van der Waals surface area contributed by atoms with Gasteiger partial charge in [-0.05, 0) is 62.3 Å². The first kappa shape index (κ1) is 12.2. The van der Waals surface area contributed by atoms with E-state index in [9.17, 15) is 4.79 Å². The minimum absolute atomic E-state index is 0.235. The van der Waals surface area contributed by atoms with Crippen LogP contribution in [0.5, 0.6) is 5.75 Å². The standard InChI is InChI=1S/C15H20O2/c1-12(16)5-4-10-17-15-9-8-13-6-2-3-7-14(13)11-15/h8-9,11H,2-7,10H2,1H3. The Labute approximate surface area is 103 Å². The summed E-state index contributed by atoms with van der Waals surface area (Å²) in [6.45, 7) is 2.26. The van der Waals surface area contributed by atoms with E-state index in [1.54, 1.807) is 6.92 Å². The van der Waals surface area contributed by atoms with Gasteiger partial charge < -0.3 is 9.53 Å². The Morgan fingerprint density at radius 1 is 1.24 bits per heavy atom. The number of benzene rings is 1. The molecule has 92 valence electrons. The molecule has 17 heavy (non-hydrogen) atoms. The molecule has 0 amide bonds. The second-order valence-corrected chi connectivity index (χ2v) is 4.79. The minimum atomic E-state index is 0.235. The van der Waals surface area contributed by atoms with E-state index in [2.05, 4.69) is 18.2 Å². The second kappa shape index (κ2) is 5.85. The molecule has 0 atom stereocenters. The van der Waals surface area contributed by atoms with Crippen molar-refractivity contribution in [2.45, 2.75) is 45.4 Å². The number of carbonyl (C=O) groups is 1. The molecule has 2 heteroatoms. The van der Waals surface area contributed by atoms with Crippen molar-refractivity contribution in [3.05, 3.63) is 29.3 Å². The van der Waals surface area contributed by atoms with Gasteiger partial charge in [-0.15, -0.1) is 0 Å². The first-order valence-corrected chi connectivity index (χ1v) is 6.50. The largest absolute Gasteiger partial charge is 0.494 e. The van der Waals surface area contributed by atoms with Gasteiger partial charge in [0.1, 0.15) is 11.5 Å². The predicted octanol–water partition coefficient (Wildman–Crippen LogP) is 3.31. The quantitative estimate of drug-likeness (QED) is 0.728. The van der Waals surface area contributed by atoms with Gasteiger partial charge in [0.15, 0.2) is 0 Å². The molecule has 0 N–H and O–H groups in total. The topological polar surface area (TPSA) is 26.3 Å². The summed E-state index contributed by atoms with van der Waals surface area (Å²) in [6, 6.07) is 6.41. The molecule has 0 heterocycles. The van der Waals surface area contributed by atoms with E-state index in [-0.39, 0.29) is 5.78 Å². The normalized spacial score (nSPS) is 14.2. The molecule has 2 nitrogen and oxygen atoms in total. The summed E-state index contributed by atoms with van der Waals surface area (Å²) >= 11 is 0. The lowest BCUT2D eigenvalue weighted by atomic mass is 9.92. The average Bonchev–Trinajstić information content (AvgIpc) is 2.34. The van der Waals surface area contributed by atoms with Crippen molar-refractivity contribution in [1.82, 2.24) is 0 Å². The number of fused-ring (bicyclic) bond motifs is 1. The number of ketones is 1. The van der Waals surface area contributed by atoms with Crippen LogP contribution >= 0.6 is 0 Å². The van der Waals surface area contributed by atoms with E-state index in [1.165, 1.54) is 36.8 Å². The van der Waals surface area contributed by atoms with Crippen LogP contribution in [-0.2, 0) is 17.6 Å². The van der Waals surface area contributed by atoms with E-state index in [0.717, 1.165) is 12.2 Å². The van der Waals surface area contributed by atoms with Crippen LogP contribution in [0.4, 0.5) is 0 Å². The zero-order chi connectivity index (χ0) is 12.1. The summed E-state index contributed by atoms with van der Waals surface area (Å²) in [5, 5.41) is 0. The third-order valence-corrected chi connectivity index (χ3v) is 3.26. The molecule has 0 saturated carbocycles. The van der Waals surface area contributed by atoms with Crippen molar-refractivity contribution >= 4 is 5.78 Å². The second-order valence-electron chi connectivity index (χ2n) is 4.79. The summed E-state index contributed by atoms with van der Waals surface area (Å²) in [4.78, 5) is 10.8. The fourth-order valence-electron chi connectivity index (χ4n) is 2.31. The molecule has 1 aromatic rings. The highest BCUT2D eigenvalue weighted by Crippen LogP contribution is 2.25. The van der Waals surface area contributed by atoms with Gasteiger partial charge in [-0.1, -0.05) is 6.07 Å². The molecule has 1 aromatic carbocycles. The molecule has 0 saturated heterocycles. The Morgan fingerprint density at radius 2 is 2.00 bits per heavy atom. The summed E-state index contributed by atoms with van der Waals surface area (Å²) in [5.74, 6) is 1.19. The van der Waals surface area contributed by atoms with Crippen LogP contribution in [0.3, 0.4) is 0 Å². The molecule has 0 spiro atoms. The van der Waals surface area contributed by atoms with Crippen LogP contribution in [0.15, 0.2) is 18.2 Å². The Bertz CT molecular complexity index is 396. The number of rotatable bonds is 5. The zero-order valence-corrected chi connectivity index (χ0v) is 10.5. The predicted molar refractivity (Wildman–Crippen MR) is 68.5 cm³/mol. The average molecular weight is 232 g/mol. The van der Waals surface area contributed by atoms with Crippen molar-refractivity contribution in [2.24, 2.45) is 0 Å². The Balaban J connectivity index is 1.86. The Kier molecular flexibility index (Phi) is 4.18. The van der Waals surface area contributed by atoms with Gasteiger partial charge in [-0.3, -0.25) is 0 Å². The van der Waals surface area contributed by atoms with Crippen LogP contribution in [0.25, 0.3) is 0 Å². The van der Waals surface area contributed by atoms with Crippen LogP contribution < -0.4 is 4.74 Å². The molecule has 0 radical (unpaired) electrons. The van der Waals surface area contributed by atoms with Crippen LogP contribution in [0.2, 0.25) is 0 Å². The highest BCUT2D eigenvalue weighted by molar-refractivity contribution is 5.75. The maximum absolute atomic E-state index is 10.8. The maximum atomic E-state index is 10.8. The number of hydrogen-bond acceptors (Lipinski definition) is 2. The molecule has 1 aliphatic rings. The SMILES string of the molecule is CC(=O)CCCOc1ccc2c(c1)CCCC2. The van der Waals surface area contributed by atoms with E-state index < -0.39 is 0 Å². The van der Waals surface area contributed by atoms with E-state index in [0.29, 0.717) is 13.0 Å². The first-order valence-electron chi connectivity index (χ1n) is 6.50. The van der Waals surface area contributed by atoms with Gasteiger partial charge in [0, 0.05) is 6.42 Å². The fraction of sp³-hybridized carbons (Fsp3) is 0.533. The molecule has 0 aliphatic heterocycles. The number of aryl methyl sites for hydroxylation is 2. The molecule has 0 fully saturated rings. The van der Waals surface area contributed by atoms with Crippen molar-refractivity contribution in [2.75, 3.05) is 6.61 Å². The fourth-order valence-corrected chi connectivity index (χ4v) is 2.31. The van der Waals surface area contributed by atoms with E-state index in [1.807, 2.05) is 0 Å². The lowest BCUT2D eigenvalue weighted by Crippen LogP contribution is -2.04. The number of ether oxygens (including phenoxy) is 1. The Morgan fingerprint density at radius 3 is 2.76 bits per heavy atom. The minimum Gasteiger partial charge on any atom is -0.494 e. The maximum Gasteiger partial charge on any atom is 0.129 e. The third-order valence-electron chi connectivity index (χ3n) is 3.26. The molecular weight excluding hydrogens is 212 g/mol. The lowest BCUT2D eigenvalue weighted by molar-refractivity contribution is -0.117. The molecule has 2 rings (SSSR count). The van der Waals surface area contributed by atoms with Crippen molar-refractivity contribution in [3.63, 3.8) is 0 Å². The van der Waals surface area contributed by atoms with Crippen LogP contribution in [0, 0.1) is 0 Å². The highest BCUT2D eigenvalue weighted by Gasteiger charge is 2.09. The van der Waals surface area contributed by atoms with Gasteiger partial charge in [0.05, 0.1) is 6.61 Å². The van der Waals surface area contributed by atoms with Gasteiger partial charge in [0.25, 0.3) is 0 Å². The first-order chi connectivity index (χ1) is 8.25. The van der Waals surface area contributed by atoms with Gasteiger partial charge in [-0.25, -0.2) is 0 Å². The molecular formula is C15H20O2. The zero-order valence-electron chi connectivity index (χ0n) is 10.5. The van der Waals surface area contributed by atoms with Gasteiger partial charge in [0.2, 0.25) is 0 Å². The number of Topliss-reactive ketones (excluding diaryl/α,β-unsaturated/α-hetero) is 1. The molecule has 0 bridgehead atoms. The smallest absolute Gasteiger partial charge is 0.129 e. The molecule has 0 aromatic heterocycles. The van der Waals surface area contributed by atoms with Crippen molar-refractivity contribution in [3.8, 4) is 5.75 Å². The summed E-state index contributed by atoms with van der Waals surface area (Å²) < 4.78 is 5.67. The lowest BCUT2D eigenvalue weighted by Gasteiger charge is -2.16. The summed E-state index contributed by atoms with van der Waals surface area (Å²) in [6.07, 6.45) is 6.42. The Hall–Kier alpha value is -1.31. The van der Waals surface area contributed by atoms with Crippen LogP contribution in [0.1, 0.15) is 43.7 Å². The van der Waals surface area contributed by atoms with E-state index in [4.69, 9.17) is 4.74 Å². The van der Waals surface area contributed by atoms with Crippen molar-refractivity contribution in [1.29, 1.82) is 0 Å². The number of hydrogen-bond donors (Lipinski definition) is 0. The van der Waals surface area contributed by atoms with Gasteiger partial charge >= 0.3 is 0 Å². The summed E-state index contributed by atoms with van der Waals surface area (Å²) in [7, 11) is 0. The third kappa shape index (κ3) is 3.58. The van der Waals surface area contributed by atoms with Gasteiger partial charge in [-0.2, -0.15) is 0 Å². The molecule has 0 unspecified atom stereocenters. The summed E-state index contributed by atoms with van der Waals surface area (Å²) in [5.41, 5.74) is 2.92. The van der Waals surface area contributed by atoms with E-state index >= 15 is 0 Å². The molecule has 1 aliphatic carbocycles. The monoisotopic (exact) mass is 232 g/mol. The van der Waals surface area contributed by atoms with Crippen molar-refractivity contribution < 1.29 is 9.53 Å². The van der Waals surface area contributed by atoms with Crippen LogP contribution in [-0.4, -0.2) is 12.4 Å². The number of carbonyl (C=O) groups excluding carboxylic acids is 1.